The van der Waals surface area contributed by atoms with E-state index in [2.05, 4.69) is 17.1 Å². The average Bonchev–Trinajstić information content (AvgIpc) is 3.01. The van der Waals surface area contributed by atoms with Crippen molar-refractivity contribution in [3.8, 4) is 11.5 Å². The van der Waals surface area contributed by atoms with Crippen molar-refractivity contribution in [1.29, 1.82) is 0 Å². The van der Waals surface area contributed by atoms with E-state index in [1.54, 1.807) is 14.2 Å². The minimum atomic E-state index is 0.0944. The van der Waals surface area contributed by atoms with Gasteiger partial charge < -0.3 is 19.7 Å². The predicted octanol–water partition coefficient (Wildman–Crippen LogP) is 2.22. The highest BCUT2D eigenvalue weighted by Gasteiger charge is 2.37. The van der Waals surface area contributed by atoms with E-state index in [1.807, 2.05) is 18.2 Å². The molecule has 0 spiro atoms. The Morgan fingerprint density at radius 3 is 2.61 bits per heavy atom. The van der Waals surface area contributed by atoms with Crippen molar-refractivity contribution in [2.45, 2.75) is 25.8 Å². The van der Waals surface area contributed by atoms with Crippen molar-refractivity contribution < 1.29 is 14.3 Å². The first kappa shape index (κ1) is 16.1. The average molecular weight is 318 g/mol. The molecule has 0 saturated carbocycles. The number of nitrogens with one attached hydrogen (secondary N) is 1. The Morgan fingerprint density at radius 2 is 2.00 bits per heavy atom. The number of methoxy groups -OCH3 is 2. The summed E-state index contributed by atoms with van der Waals surface area (Å²) in [5, 5.41) is 3.26. The van der Waals surface area contributed by atoms with E-state index in [0.29, 0.717) is 5.92 Å². The van der Waals surface area contributed by atoms with E-state index >= 15 is 0 Å². The standard InChI is InChI=1S/C18H26N2O3/c1-12(14-10-19-11-14)18(21)20-8-4-5-15(20)13-6-7-16(22-2)17(9-13)23-3/h6-7,9,12,14-15,19H,4-5,8,10-11H2,1-3H3. The Morgan fingerprint density at radius 1 is 1.26 bits per heavy atom. The molecule has 2 aliphatic heterocycles. The molecule has 1 N–H and O–H groups in total. The Labute approximate surface area is 137 Å². The van der Waals surface area contributed by atoms with Gasteiger partial charge in [-0.25, -0.2) is 0 Å². The molecule has 2 aliphatic rings. The number of ether oxygens (including phenoxy) is 2. The van der Waals surface area contributed by atoms with Gasteiger partial charge >= 0.3 is 0 Å². The third-order valence-electron chi connectivity index (χ3n) is 5.24. The van der Waals surface area contributed by atoms with Gasteiger partial charge in [0, 0.05) is 12.5 Å². The van der Waals surface area contributed by atoms with Crippen LogP contribution in [-0.2, 0) is 4.79 Å². The van der Waals surface area contributed by atoms with Crippen LogP contribution in [-0.4, -0.2) is 44.7 Å². The van der Waals surface area contributed by atoms with Gasteiger partial charge in [0.15, 0.2) is 11.5 Å². The van der Waals surface area contributed by atoms with Crippen molar-refractivity contribution in [2.75, 3.05) is 33.9 Å². The van der Waals surface area contributed by atoms with Crippen LogP contribution in [0.4, 0.5) is 0 Å². The van der Waals surface area contributed by atoms with Gasteiger partial charge in [-0.05, 0) is 49.5 Å². The second-order valence-corrected chi connectivity index (χ2v) is 6.51. The topological polar surface area (TPSA) is 50.8 Å². The molecule has 1 aromatic rings. The molecule has 23 heavy (non-hydrogen) atoms. The van der Waals surface area contributed by atoms with Crippen LogP contribution in [0.15, 0.2) is 18.2 Å². The van der Waals surface area contributed by atoms with Crippen LogP contribution in [0.1, 0.15) is 31.4 Å². The van der Waals surface area contributed by atoms with Crippen molar-refractivity contribution >= 4 is 5.91 Å². The molecule has 0 radical (unpaired) electrons. The zero-order chi connectivity index (χ0) is 16.4. The van der Waals surface area contributed by atoms with E-state index in [-0.39, 0.29) is 17.9 Å². The van der Waals surface area contributed by atoms with Gasteiger partial charge in [-0.2, -0.15) is 0 Å². The number of rotatable bonds is 5. The summed E-state index contributed by atoms with van der Waals surface area (Å²) in [5.41, 5.74) is 1.13. The second kappa shape index (κ2) is 6.79. The lowest BCUT2D eigenvalue weighted by Crippen LogP contribution is -2.50. The van der Waals surface area contributed by atoms with Gasteiger partial charge in [-0.3, -0.25) is 4.79 Å². The molecule has 5 nitrogen and oxygen atoms in total. The summed E-state index contributed by atoms with van der Waals surface area (Å²) >= 11 is 0. The van der Waals surface area contributed by atoms with Crippen LogP contribution in [0.25, 0.3) is 0 Å². The highest BCUT2D eigenvalue weighted by atomic mass is 16.5. The van der Waals surface area contributed by atoms with Crippen molar-refractivity contribution in [2.24, 2.45) is 11.8 Å². The summed E-state index contributed by atoms with van der Waals surface area (Å²) in [7, 11) is 3.28. The molecule has 1 amide bonds. The first-order chi connectivity index (χ1) is 11.2. The lowest BCUT2D eigenvalue weighted by atomic mass is 9.87. The molecule has 2 saturated heterocycles. The van der Waals surface area contributed by atoms with E-state index in [4.69, 9.17) is 9.47 Å². The Kier molecular flexibility index (Phi) is 4.76. The quantitative estimate of drug-likeness (QED) is 0.904. The maximum absolute atomic E-state index is 12.9. The number of amides is 1. The van der Waals surface area contributed by atoms with E-state index in [0.717, 1.165) is 49.5 Å². The minimum absolute atomic E-state index is 0.0944. The Hall–Kier alpha value is -1.75. The van der Waals surface area contributed by atoms with E-state index < -0.39 is 0 Å². The molecule has 0 aliphatic carbocycles. The molecule has 3 rings (SSSR count). The van der Waals surface area contributed by atoms with Crippen molar-refractivity contribution in [1.82, 2.24) is 10.2 Å². The molecule has 2 atom stereocenters. The fourth-order valence-electron chi connectivity index (χ4n) is 3.56. The molecule has 2 heterocycles. The SMILES string of the molecule is COc1ccc(C2CCCN2C(=O)C(C)C2CNC2)cc1OC. The predicted molar refractivity (Wildman–Crippen MR) is 88.8 cm³/mol. The van der Waals surface area contributed by atoms with Crippen LogP contribution in [0.5, 0.6) is 11.5 Å². The second-order valence-electron chi connectivity index (χ2n) is 6.51. The number of nitrogens with zero attached hydrogens (tertiary/aromatic N) is 1. The van der Waals surface area contributed by atoms with E-state index in [1.165, 1.54) is 0 Å². The van der Waals surface area contributed by atoms with Crippen LogP contribution < -0.4 is 14.8 Å². The first-order valence-corrected chi connectivity index (χ1v) is 8.38. The van der Waals surface area contributed by atoms with Crippen LogP contribution in [0, 0.1) is 11.8 Å². The highest BCUT2D eigenvalue weighted by Crippen LogP contribution is 2.38. The summed E-state index contributed by atoms with van der Waals surface area (Å²) in [6.45, 7) is 4.84. The molecular weight excluding hydrogens is 292 g/mol. The number of hydrogen-bond donors (Lipinski definition) is 1. The third-order valence-corrected chi connectivity index (χ3v) is 5.24. The van der Waals surface area contributed by atoms with Crippen LogP contribution >= 0.6 is 0 Å². The van der Waals surface area contributed by atoms with E-state index in [9.17, 15) is 4.79 Å². The summed E-state index contributed by atoms with van der Waals surface area (Å²) in [6, 6.07) is 6.13. The van der Waals surface area contributed by atoms with Crippen molar-refractivity contribution in [3.05, 3.63) is 23.8 Å². The number of carbonyl (C=O) groups excluding carboxylic acids is 1. The van der Waals surface area contributed by atoms with Gasteiger partial charge in [0.25, 0.3) is 0 Å². The molecule has 126 valence electrons. The summed E-state index contributed by atoms with van der Waals surface area (Å²) < 4.78 is 10.7. The maximum Gasteiger partial charge on any atom is 0.226 e. The highest BCUT2D eigenvalue weighted by molar-refractivity contribution is 5.80. The summed E-state index contributed by atoms with van der Waals surface area (Å²) in [6.07, 6.45) is 2.07. The maximum atomic E-state index is 12.9. The third kappa shape index (κ3) is 3.02. The first-order valence-electron chi connectivity index (χ1n) is 8.38. The van der Waals surface area contributed by atoms with Crippen LogP contribution in [0.3, 0.4) is 0 Å². The van der Waals surface area contributed by atoms with Gasteiger partial charge in [0.1, 0.15) is 0 Å². The minimum Gasteiger partial charge on any atom is -0.493 e. The van der Waals surface area contributed by atoms with Gasteiger partial charge in [-0.1, -0.05) is 13.0 Å². The monoisotopic (exact) mass is 318 g/mol. The van der Waals surface area contributed by atoms with Gasteiger partial charge in [0.2, 0.25) is 5.91 Å². The molecule has 1 aromatic carbocycles. The summed E-state index contributed by atoms with van der Waals surface area (Å²) in [4.78, 5) is 14.9. The fourth-order valence-corrected chi connectivity index (χ4v) is 3.56. The van der Waals surface area contributed by atoms with Crippen LogP contribution in [0.2, 0.25) is 0 Å². The fraction of sp³-hybridized carbons (Fsp3) is 0.611. The van der Waals surface area contributed by atoms with Gasteiger partial charge in [-0.15, -0.1) is 0 Å². The van der Waals surface area contributed by atoms with Gasteiger partial charge in [0.05, 0.1) is 20.3 Å². The normalized spacial score (nSPS) is 22.6. The largest absolute Gasteiger partial charge is 0.493 e. The lowest BCUT2D eigenvalue weighted by molar-refractivity contribution is -0.138. The Bertz CT molecular complexity index is 571. The number of carbonyl (C=O) groups is 1. The molecule has 5 heteroatoms. The molecule has 0 bridgehead atoms. The Balaban J connectivity index is 1.79. The smallest absolute Gasteiger partial charge is 0.226 e. The number of likely N-dealkylation sites (tertiary alicyclic amines) is 1. The van der Waals surface area contributed by atoms with Crippen molar-refractivity contribution in [3.63, 3.8) is 0 Å². The molecule has 2 fully saturated rings. The zero-order valence-corrected chi connectivity index (χ0v) is 14.2. The number of benzene rings is 1. The molecule has 2 unspecified atom stereocenters. The number of hydrogen-bond acceptors (Lipinski definition) is 4. The summed E-state index contributed by atoms with van der Waals surface area (Å²) in [5.74, 6) is 2.31. The zero-order valence-electron chi connectivity index (χ0n) is 14.2. The lowest BCUT2D eigenvalue weighted by Gasteiger charge is -2.36. The molecule has 0 aromatic heterocycles. The molecular formula is C18H26N2O3.